The molecule has 2 heterocycles. The Hall–Kier alpha value is 0.01000. The second-order valence-electron chi connectivity index (χ2n) is 6.09. The smallest absolute Gasteiger partial charge is 0.0649 e. The molecule has 0 amide bonds. The molecule has 1 aliphatic heterocycles. The zero-order chi connectivity index (χ0) is 13.1. The van der Waals surface area contributed by atoms with Gasteiger partial charge in [0, 0.05) is 17.3 Å². The summed E-state index contributed by atoms with van der Waals surface area (Å²) >= 11 is 4.00. The second kappa shape index (κ2) is 6.64. The van der Waals surface area contributed by atoms with Crippen LogP contribution < -0.4 is 5.32 Å². The Kier molecular flexibility index (Phi) is 4.88. The first kappa shape index (κ1) is 14.0. The summed E-state index contributed by atoms with van der Waals surface area (Å²) in [6, 6.07) is 3.72. The highest BCUT2D eigenvalue weighted by Gasteiger charge is 2.27. The average molecular weight is 296 g/mol. The molecular formula is C16H25NS2. The van der Waals surface area contributed by atoms with E-state index in [0.717, 1.165) is 11.3 Å². The highest BCUT2D eigenvalue weighted by molar-refractivity contribution is 8.01. The van der Waals surface area contributed by atoms with Crippen molar-refractivity contribution in [2.75, 3.05) is 0 Å². The van der Waals surface area contributed by atoms with Crippen LogP contribution in [0.4, 0.5) is 0 Å². The molecule has 1 aromatic heterocycles. The van der Waals surface area contributed by atoms with Crippen LogP contribution in [-0.2, 0) is 0 Å². The van der Waals surface area contributed by atoms with Crippen LogP contribution in [0.5, 0.6) is 0 Å². The van der Waals surface area contributed by atoms with Gasteiger partial charge in [-0.15, -0.1) is 23.1 Å². The average Bonchev–Trinajstić information content (AvgIpc) is 2.80. The molecule has 19 heavy (non-hydrogen) atoms. The monoisotopic (exact) mass is 295 g/mol. The normalized spacial score (nSPS) is 29.5. The van der Waals surface area contributed by atoms with Crippen molar-refractivity contribution in [3.8, 4) is 0 Å². The van der Waals surface area contributed by atoms with Crippen molar-refractivity contribution in [1.29, 1.82) is 0 Å². The summed E-state index contributed by atoms with van der Waals surface area (Å²) < 4.78 is 1.56. The maximum atomic E-state index is 3.99. The lowest BCUT2D eigenvalue weighted by Crippen LogP contribution is -2.35. The summed E-state index contributed by atoms with van der Waals surface area (Å²) in [6.45, 7) is 2.38. The van der Waals surface area contributed by atoms with E-state index in [2.05, 4.69) is 35.4 Å². The first-order valence-corrected chi connectivity index (χ1v) is 9.59. The summed E-state index contributed by atoms with van der Waals surface area (Å²) in [5, 5.41) is 7.02. The van der Waals surface area contributed by atoms with E-state index in [1.807, 2.05) is 11.3 Å². The second-order valence-corrected chi connectivity index (χ2v) is 8.71. The number of hydrogen-bond acceptors (Lipinski definition) is 3. The Morgan fingerprint density at radius 1 is 1.11 bits per heavy atom. The van der Waals surface area contributed by atoms with E-state index in [1.165, 1.54) is 51.4 Å². The first-order chi connectivity index (χ1) is 9.33. The molecule has 1 unspecified atom stereocenters. The van der Waals surface area contributed by atoms with Crippen LogP contribution in [0.25, 0.3) is 0 Å². The topological polar surface area (TPSA) is 12.0 Å². The summed E-state index contributed by atoms with van der Waals surface area (Å²) in [4.78, 5) is 0. The number of fused-ring (bicyclic) bond motifs is 1. The lowest BCUT2D eigenvalue weighted by Gasteiger charge is -2.32. The lowest BCUT2D eigenvalue weighted by atomic mass is 9.94. The van der Waals surface area contributed by atoms with Crippen molar-refractivity contribution in [2.24, 2.45) is 0 Å². The molecule has 2 atom stereocenters. The molecule has 3 rings (SSSR count). The van der Waals surface area contributed by atoms with Crippen molar-refractivity contribution >= 4 is 23.1 Å². The molecule has 0 aromatic carbocycles. The Morgan fingerprint density at radius 2 is 1.84 bits per heavy atom. The van der Waals surface area contributed by atoms with Crippen molar-refractivity contribution in [3.05, 3.63) is 17.0 Å². The van der Waals surface area contributed by atoms with Crippen LogP contribution in [-0.4, -0.2) is 11.3 Å². The highest BCUT2D eigenvalue weighted by atomic mass is 32.2. The third kappa shape index (κ3) is 3.56. The predicted molar refractivity (Wildman–Crippen MR) is 86.2 cm³/mol. The van der Waals surface area contributed by atoms with E-state index in [4.69, 9.17) is 0 Å². The zero-order valence-corrected chi connectivity index (χ0v) is 13.5. The molecule has 1 N–H and O–H groups in total. The highest BCUT2D eigenvalue weighted by Crippen LogP contribution is 2.44. The maximum Gasteiger partial charge on any atom is 0.0649 e. The fourth-order valence-electron chi connectivity index (χ4n) is 3.41. The van der Waals surface area contributed by atoms with Gasteiger partial charge in [-0.1, -0.05) is 39.0 Å². The summed E-state index contributed by atoms with van der Waals surface area (Å²) in [6.07, 6.45) is 11.3. The van der Waals surface area contributed by atoms with Crippen molar-refractivity contribution < 1.29 is 0 Å². The number of nitrogens with one attached hydrogen (secondary N) is 1. The molecule has 0 radical (unpaired) electrons. The fraction of sp³-hybridized carbons (Fsp3) is 0.750. The number of thiophene rings is 1. The van der Waals surface area contributed by atoms with Gasteiger partial charge in [-0.3, -0.25) is 0 Å². The van der Waals surface area contributed by atoms with Gasteiger partial charge >= 0.3 is 0 Å². The molecule has 3 heteroatoms. The predicted octanol–water partition coefficient (Wildman–Crippen LogP) is 5.38. The molecule has 1 nitrogen and oxygen atoms in total. The molecule has 0 spiro atoms. The molecule has 1 saturated carbocycles. The van der Waals surface area contributed by atoms with Gasteiger partial charge in [0.2, 0.25) is 0 Å². The van der Waals surface area contributed by atoms with E-state index in [1.54, 1.807) is 9.77 Å². The van der Waals surface area contributed by atoms with Gasteiger partial charge in [-0.2, -0.15) is 0 Å². The minimum absolute atomic E-state index is 0.613. The summed E-state index contributed by atoms with van der Waals surface area (Å²) in [7, 11) is 0. The van der Waals surface area contributed by atoms with Gasteiger partial charge < -0.3 is 5.32 Å². The first-order valence-electron chi connectivity index (χ1n) is 7.83. The van der Waals surface area contributed by atoms with E-state index in [0.29, 0.717) is 6.04 Å². The van der Waals surface area contributed by atoms with Crippen LogP contribution >= 0.6 is 23.1 Å². The molecule has 1 fully saturated rings. The SMILES string of the molecule is C[C@H]1CC(NC2CCCCCCC2)c2ccsc2S1. The molecule has 106 valence electrons. The Balaban J connectivity index is 1.65. The van der Waals surface area contributed by atoms with Crippen LogP contribution in [0.1, 0.15) is 69.9 Å². The van der Waals surface area contributed by atoms with Crippen LogP contribution in [0.3, 0.4) is 0 Å². The Bertz CT molecular complexity index is 393. The molecule has 2 aliphatic rings. The molecule has 0 bridgehead atoms. The van der Waals surface area contributed by atoms with E-state index >= 15 is 0 Å². The van der Waals surface area contributed by atoms with Gasteiger partial charge in [-0.25, -0.2) is 0 Å². The molecule has 1 aromatic rings. The van der Waals surface area contributed by atoms with Crippen molar-refractivity contribution in [2.45, 2.75) is 79.8 Å². The third-order valence-electron chi connectivity index (χ3n) is 4.45. The van der Waals surface area contributed by atoms with Crippen LogP contribution in [0, 0.1) is 0 Å². The van der Waals surface area contributed by atoms with Gasteiger partial charge in [0.15, 0.2) is 0 Å². The van der Waals surface area contributed by atoms with Gasteiger partial charge in [0.05, 0.1) is 4.21 Å². The number of hydrogen-bond donors (Lipinski definition) is 1. The number of thioether (sulfide) groups is 1. The number of rotatable bonds is 2. The molecule has 1 aliphatic carbocycles. The van der Waals surface area contributed by atoms with E-state index < -0.39 is 0 Å². The van der Waals surface area contributed by atoms with Gasteiger partial charge in [0.25, 0.3) is 0 Å². The molecule has 0 saturated heterocycles. The van der Waals surface area contributed by atoms with Gasteiger partial charge in [0.1, 0.15) is 0 Å². The minimum atomic E-state index is 0.613. The standard InChI is InChI=1S/C16H25NS2/c1-12-11-15(14-9-10-18-16(14)19-12)17-13-7-5-3-2-4-6-8-13/h9-10,12-13,15,17H,2-8,11H2,1H3/t12-,15?/m0/s1. The minimum Gasteiger partial charge on any atom is -0.307 e. The van der Waals surface area contributed by atoms with E-state index in [9.17, 15) is 0 Å². The maximum absolute atomic E-state index is 3.99. The summed E-state index contributed by atoms with van der Waals surface area (Å²) in [5.74, 6) is 0. The van der Waals surface area contributed by atoms with Gasteiger partial charge in [-0.05, 0) is 36.3 Å². The Morgan fingerprint density at radius 3 is 2.63 bits per heavy atom. The van der Waals surface area contributed by atoms with Crippen molar-refractivity contribution in [3.63, 3.8) is 0 Å². The largest absolute Gasteiger partial charge is 0.307 e. The Labute approximate surface area is 125 Å². The quantitative estimate of drug-likeness (QED) is 0.786. The summed E-state index contributed by atoms with van der Waals surface area (Å²) in [5.41, 5.74) is 1.58. The van der Waals surface area contributed by atoms with Crippen LogP contribution in [0.15, 0.2) is 15.7 Å². The lowest BCUT2D eigenvalue weighted by molar-refractivity contribution is 0.342. The van der Waals surface area contributed by atoms with E-state index in [-0.39, 0.29) is 0 Å². The molecular weight excluding hydrogens is 270 g/mol. The third-order valence-corrected chi connectivity index (χ3v) is 6.80. The zero-order valence-electron chi connectivity index (χ0n) is 11.9. The fourth-order valence-corrected chi connectivity index (χ4v) is 5.98. The van der Waals surface area contributed by atoms with Crippen LogP contribution in [0.2, 0.25) is 0 Å². The van der Waals surface area contributed by atoms with Crippen molar-refractivity contribution in [1.82, 2.24) is 5.32 Å².